The summed E-state index contributed by atoms with van der Waals surface area (Å²) in [5.74, 6) is -0.799. The number of aromatic nitrogens is 3. The van der Waals surface area contributed by atoms with Crippen LogP contribution in [-0.2, 0) is 13.1 Å². The van der Waals surface area contributed by atoms with Crippen molar-refractivity contribution >= 4 is 5.78 Å². The molecule has 154 valence electrons. The van der Waals surface area contributed by atoms with Crippen LogP contribution in [0, 0.1) is 37.9 Å². The van der Waals surface area contributed by atoms with Gasteiger partial charge in [-0.2, -0.15) is 5.26 Å². The molecule has 0 atom stereocenters. The van der Waals surface area contributed by atoms with Gasteiger partial charge in [-0.15, -0.1) is 0 Å². The summed E-state index contributed by atoms with van der Waals surface area (Å²) in [4.78, 5) is 37.9. The lowest BCUT2D eigenvalue weighted by Crippen LogP contribution is -2.42. The maximum Gasteiger partial charge on any atom is 0.331 e. The van der Waals surface area contributed by atoms with E-state index in [0.717, 1.165) is 4.57 Å². The molecule has 0 bridgehead atoms. The van der Waals surface area contributed by atoms with Crippen LogP contribution in [-0.4, -0.2) is 19.5 Å². The van der Waals surface area contributed by atoms with Crippen LogP contribution in [0.15, 0.2) is 40.1 Å². The topological polar surface area (TPSA) is 89.8 Å². The molecule has 0 fully saturated rings. The fourth-order valence-corrected chi connectivity index (χ4v) is 3.49. The lowest BCUT2D eigenvalue weighted by atomic mass is 10.1. The van der Waals surface area contributed by atoms with Gasteiger partial charge in [0.05, 0.1) is 6.54 Å². The molecule has 3 aromatic rings. The summed E-state index contributed by atoms with van der Waals surface area (Å²) in [7, 11) is 0. The van der Waals surface area contributed by atoms with Crippen LogP contribution < -0.4 is 11.2 Å². The van der Waals surface area contributed by atoms with Gasteiger partial charge in [0.25, 0.3) is 5.56 Å². The van der Waals surface area contributed by atoms with Gasteiger partial charge in [0.2, 0.25) is 0 Å². The van der Waals surface area contributed by atoms with E-state index in [-0.39, 0.29) is 17.9 Å². The molecule has 0 unspecified atom stereocenters. The number of hydrogen-bond donors (Lipinski definition) is 0. The molecule has 0 saturated carbocycles. The van der Waals surface area contributed by atoms with E-state index in [1.165, 1.54) is 16.8 Å². The number of Topliss-reactive ketones (excluding diaryl/α,β-unsaturated/α-hetero) is 1. The Bertz CT molecular complexity index is 1320. The molecule has 0 aliphatic heterocycles. The van der Waals surface area contributed by atoms with Gasteiger partial charge in [0.1, 0.15) is 17.4 Å². The molecule has 0 spiro atoms. The van der Waals surface area contributed by atoms with Gasteiger partial charge in [-0.05, 0) is 51.5 Å². The fourth-order valence-electron chi connectivity index (χ4n) is 3.49. The second kappa shape index (κ2) is 7.95. The van der Waals surface area contributed by atoms with E-state index in [9.17, 15) is 18.8 Å². The maximum atomic E-state index is 14.0. The number of halogens is 1. The minimum atomic E-state index is -0.796. The molecule has 2 heterocycles. The Hall–Kier alpha value is -3.73. The SMILES string of the molecule is CCn1cc(C#N)c(=O)n(CC(=O)c2cc(C)n(-c3ccc(C)c(F)c3)c2C)c1=O. The van der Waals surface area contributed by atoms with Crippen LogP contribution in [0.3, 0.4) is 0 Å². The monoisotopic (exact) mass is 408 g/mol. The highest BCUT2D eigenvalue weighted by atomic mass is 19.1. The Morgan fingerprint density at radius 2 is 1.87 bits per heavy atom. The Labute approximate surface area is 172 Å². The van der Waals surface area contributed by atoms with Crippen LogP contribution >= 0.6 is 0 Å². The lowest BCUT2D eigenvalue weighted by Gasteiger charge is -2.11. The maximum absolute atomic E-state index is 14.0. The van der Waals surface area contributed by atoms with Crippen molar-refractivity contribution in [2.75, 3.05) is 0 Å². The highest BCUT2D eigenvalue weighted by Gasteiger charge is 2.20. The fraction of sp³-hybridized carbons (Fsp3) is 0.273. The average molecular weight is 408 g/mol. The van der Waals surface area contributed by atoms with E-state index < -0.39 is 23.6 Å². The van der Waals surface area contributed by atoms with Crippen molar-refractivity contribution in [1.29, 1.82) is 5.26 Å². The van der Waals surface area contributed by atoms with Gasteiger partial charge in [-0.25, -0.2) is 9.18 Å². The zero-order chi connectivity index (χ0) is 22.2. The molecule has 0 N–H and O–H groups in total. The van der Waals surface area contributed by atoms with Gasteiger partial charge in [-0.3, -0.25) is 18.7 Å². The van der Waals surface area contributed by atoms with Crippen molar-refractivity contribution in [2.24, 2.45) is 0 Å². The second-order valence-electron chi connectivity index (χ2n) is 7.09. The van der Waals surface area contributed by atoms with Crippen LogP contribution in [0.25, 0.3) is 5.69 Å². The third-order valence-electron chi connectivity index (χ3n) is 5.15. The lowest BCUT2D eigenvalue weighted by molar-refractivity contribution is 0.0968. The molecule has 0 aliphatic carbocycles. The van der Waals surface area contributed by atoms with Gasteiger partial charge in [0, 0.05) is 35.4 Å². The standard InChI is InChI=1S/C22H21FN4O3/c1-5-25-11-16(10-24)21(29)26(22(25)30)12-20(28)18-8-14(3)27(15(18)4)17-7-6-13(2)19(23)9-17/h6-9,11H,5,12H2,1-4H3. The minimum Gasteiger partial charge on any atom is -0.318 e. The van der Waals surface area contributed by atoms with Crippen molar-refractivity contribution in [3.63, 3.8) is 0 Å². The highest BCUT2D eigenvalue weighted by molar-refractivity contribution is 5.97. The number of rotatable bonds is 5. The summed E-state index contributed by atoms with van der Waals surface area (Å²) in [6.07, 6.45) is 1.20. The van der Waals surface area contributed by atoms with Gasteiger partial charge in [-0.1, -0.05) is 6.07 Å². The Balaban J connectivity index is 2.06. The smallest absolute Gasteiger partial charge is 0.318 e. The van der Waals surface area contributed by atoms with Crippen molar-refractivity contribution < 1.29 is 9.18 Å². The first-order chi connectivity index (χ1) is 14.2. The van der Waals surface area contributed by atoms with Crippen molar-refractivity contribution in [3.05, 3.63) is 85.2 Å². The number of carbonyl (C=O) groups excluding carboxylic acids is 1. The van der Waals surface area contributed by atoms with Gasteiger partial charge >= 0.3 is 5.69 Å². The molecule has 0 aliphatic rings. The number of hydrogen-bond acceptors (Lipinski definition) is 4. The van der Waals surface area contributed by atoms with Crippen LogP contribution in [0.5, 0.6) is 0 Å². The molecule has 3 rings (SSSR count). The van der Waals surface area contributed by atoms with Crippen LogP contribution in [0.1, 0.15) is 39.8 Å². The Morgan fingerprint density at radius 3 is 2.47 bits per heavy atom. The van der Waals surface area contributed by atoms with Gasteiger partial charge in [0.15, 0.2) is 5.78 Å². The average Bonchev–Trinajstić information content (AvgIpc) is 3.01. The summed E-state index contributed by atoms with van der Waals surface area (Å²) >= 11 is 0. The number of nitrogens with zero attached hydrogens (tertiary/aromatic N) is 4. The third kappa shape index (κ3) is 3.50. The number of carbonyl (C=O) groups is 1. The normalized spacial score (nSPS) is 10.8. The van der Waals surface area contributed by atoms with Crippen molar-refractivity contribution in [3.8, 4) is 11.8 Å². The van der Waals surface area contributed by atoms with E-state index in [4.69, 9.17) is 5.26 Å². The number of nitriles is 1. The summed E-state index contributed by atoms with van der Waals surface area (Å²) < 4.78 is 17.8. The van der Waals surface area contributed by atoms with E-state index in [1.54, 1.807) is 56.5 Å². The van der Waals surface area contributed by atoms with E-state index in [2.05, 4.69) is 0 Å². The first-order valence-corrected chi connectivity index (χ1v) is 9.42. The Morgan fingerprint density at radius 1 is 1.17 bits per heavy atom. The van der Waals surface area contributed by atoms with E-state index in [1.807, 2.05) is 0 Å². The molecule has 0 saturated heterocycles. The summed E-state index contributed by atoms with van der Waals surface area (Å²) in [6.45, 7) is 6.65. The molecular weight excluding hydrogens is 387 g/mol. The van der Waals surface area contributed by atoms with Gasteiger partial charge < -0.3 is 4.57 Å². The van der Waals surface area contributed by atoms with Crippen molar-refractivity contribution in [1.82, 2.24) is 13.7 Å². The summed E-state index contributed by atoms with van der Waals surface area (Å²) in [6, 6.07) is 8.22. The molecule has 8 heteroatoms. The zero-order valence-electron chi connectivity index (χ0n) is 17.2. The number of benzene rings is 1. The molecule has 0 amide bonds. The first-order valence-electron chi connectivity index (χ1n) is 9.42. The third-order valence-corrected chi connectivity index (χ3v) is 5.15. The zero-order valence-corrected chi connectivity index (χ0v) is 17.2. The highest BCUT2D eigenvalue weighted by Crippen LogP contribution is 2.23. The number of aryl methyl sites for hydroxylation is 3. The molecule has 1 aromatic carbocycles. The number of ketones is 1. The van der Waals surface area contributed by atoms with Crippen molar-refractivity contribution in [2.45, 2.75) is 40.8 Å². The first kappa shape index (κ1) is 21.0. The van der Waals surface area contributed by atoms with Crippen LogP contribution in [0.4, 0.5) is 4.39 Å². The Kier molecular flexibility index (Phi) is 5.56. The van der Waals surface area contributed by atoms with Crippen LogP contribution in [0.2, 0.25) is 0 Å². The molecular formula is C22H21FN4O3. The summed E-state index contributed by atoms with van der Waals surface area (Å²) in [5.41, 5.74) is 1.05. The predicted molar refractivity (Wildman–Crippen MR) is 110 cm³/mol. The summed E-state index contributed by atoms with van der Waals surface area (Å²) in [5, 5.41) is 9.16. The quantitative estimate of drug-likeness (QED) is 0.607. The molecule has 30 heavy (non-hydrogen) atoms. The largest absolute Gasteiger partial charge is 0.331 e. The molecule has 2 aromatic heterocycles. The minimum absolute atomic E-state index is 0.204. The predicted octanol–water partition coefficient (Wildman–Crippen LogP) is 2.64. The van der Waals surface area contributed by atoms with E-state index in [0.29, 0.717) is 28.2 Å². The second-order valence-corrected chi connectivity index (χ2v) is 7.09. The van der Waals surface area contributed by atoms with E-state index >= 15 is 0 Å². The molecule has 0 radical (unpaired) electrons. The molecule has 7 nitrogen and oxygen atoms in total.